The maximum Gasteiger partial charge on any atom is 0.407 e. The Morgan fingerprint density at radius 1 is 1.45 bits per heavy atom. The van der Waals surface area contributed by atoms with Crippen LogP contribution in [0, 0.1) is 17.0 Å². The molecule has 3 N–H and O–H groups in total. The van der Waals surface area contributed by atoms with E-state index >= 15 is 0 Å². The molecule has 7 heteroatoms. The van der Waals surface area contributed by atoms with E-state index in [1.807, 2.05) is 6.92 Å². The van der Waals surface area contributed by atoms with Crippen LogP contribution in [0.1, 0.15) is 37.8 Å². The number of carbonyl (C=O) groups is 1. The minimum atomic E-state index is -0.600. The highest BCUT2D eigenvalue weighted by molar-refractivity contribution is 5.67. The highest BCUT2D eigenvalue weighted by Gasteiger charge is 2.23. The number of carbonyl (C=O) groups excluding carboxylic acids is 1. The fraction of sp³-hybridized carbons (Fsp3) is 0.533. The predicted molar refractivity (Wildman–Crippen MR) is 83.9 cm³/mol. The molecule has 0 fully saturated rings. The summed E-state index contributed by atoms with van der Waals surface area (Å²) in [6, 6.07) is 4.86. The minimum absolute atomic E-state index is 0.00652. The number of alkyl carbamates (subject to hydrolysis) is 1. The Kier molecular flexibility index (Phi) is 5.87. The minimum Gasteiger partial charge on any atom is -0.444 e. The molecule has 0 saturated heterocycles. The molecule has 0 saturated carbocycles. The van der Waals surface area contributed by atoms with Crippen LogP contribution >= 0.6 is 0 Å². The van der Waals surface area contributed by atoms with Crippen LogP contribution in [0.15, 0.2) is 18.2 Å². The van der Waals surface area contributed by atoms with E-state index in [0.29, 0.717) is 5.56 Å². The van der Waals surface area contributed by atoms with Crippen LogP contribution in [0.25, 0.3) is 0 Å². The Hall–Kier alpha value is -2.15. The number of nitro groups is 1. The van der Waals surface area contributed by atoms with Gasteiger partial charge in [-0.3, -0.25) is 10.1 Å². The van der Waals surface area contributed by atoms with Crippen LogP contribution in [-0.4, -0.2) is 29.7 Å². The Bertz CT molecular complexity index is 552. The maximum atomic E-state index is 11.7. The molecule has 0 bridgehead atoms. The zero-order chi connectivity index (χ0) is 16.9. The van der Waals surface area contributed by atoms with Gasteiger partial charge in [0, 0.05) is 30.6 Å². The van der Waals surface area contributed by atoms with E-state index in [-0.39, 0.29) is 24.7 Å². The Morgan fingerprint density at radius 2 is 2.09 bits per heavy atom. The number of aryl methyl sites for hydroxylation is 1. The smallest absolute Gasteiger partial charge is 0.407 e. The summed E-state index contributed by atoms with van der Waals surface area (Å²) in [4.78, 5) is 22.4. The number of hydrogen-bond donors (Lipinski definition) is 2. The van der Waals surface area contributed by atoms with Crippen LogP contribution in [-0.2, 0) is 4.74 Å². The molecule has 7 nitrogen and oxygen atoms in total. The molecule has 0 spiro atoms. The van der Waals surface area contributed by atoms with Crippen molar-refractivity contribution in [2.24, 2.45) is 5.73 Å². The summed E-state index contributed by atoms with van der Waals surface area (Å²) in [6.45, 7) is 7.49. The van der Waals surface area contributed by atoms with Gasteiger partial charge >= 0.3 is 6.09 Å². The number of nitro benzene ring substituents is 1. The van der Waals surface area contributed by atoms with Crippen LogP contribution in [0.2, 0.25) is 0 Å². The van der Waals surface area contributed by atoms with Gasteiger partial charge in [-0.25, -0.2) is 4.79 Å². The molecule has 0 heterocycles. The first kappa shape index (κ1) is 17.9. The van der Waals surface area contributed by atoms with E-state index in [0.717, 1.165) is 5.56 Å². The number of rotatable bonds is 5. The molecule has 22 heavy (non-hydrogen) atoms. The predicted octanol–water partition coefficient (Wildman–Crippen LogP) is 2.47. The van der Waals surface area contributed by atoms with Crippen molar-refractivity contribution < 1.29 is 14.5 Å². The fourth-order valence-electron chi connectivity index (χ4n) is 2.01. The second-order valence-corrected chi connectivity index (χ2v) is 6.13. The number of nitrogens with one attached hydrogen (secondary N) is 1. The molecule has 0 aliphatic heterocycles. The molecule has 0 radical (unpaired) electrons. The molecule has 0 aliphatic carbocycles. The SMILES string of the molecule is Cc1ccc([N+](=O)[O-])c(C(CN)CNC(=O)OC(C)(C)C)c1. The standard InChI is InChI=1S/C15H23N3O4/c1-10-5-6-13(18(20)21)12(7-10)11(8-16)9-17-14(19)22-15(2,3)4/h5-7,11H,8-9,16H2,1-4H3,(H,17,19). The van der Waals surface area contributed by atoms with Crippen LogP contribution in [0.3, 0.4) is 0 Å². The highest BCUT2D eigenvalue weighted by atomic mass is 16.6. The monoisotopic (exact) mass is 309 g/mol. The lowest BCUT2D eigenvalue weighted by Gasteiger charge is -2.21. The van der Waals surface area contributed by atoms with E-state index < -0.39 is 16.6 Å². The topological polar surface area (TPSA) is 107 Å². The second kappa shape index (κ2) is 7.22. The first-order valence-corrected chi connectivity index (χ1v) is 7.06. The Morgan fingerprint density at radius 3 is 2.59 bits per heavy atom. The summed E-state index contributed by atoms with van der Waals surface area (Å²) >= 11 is 0. The van der Waals surface area contributed by atoms with Gasteiger partial charge in [-0.1, -0.05) is 11.6 Å². The molecular formula is C15H23N3O4. The van der Waals surface area contributed by atoms with Gasteiger partial charge in [0.05, 0.1) is 4.92 Å². The first-order chi connectivity index (χ1) is 10.1. The normalized spacial score (nSPS) is 12.6. The molecule has 1 amide bonds. The summed E-state index contributed by atoms with van der Waals surface area (Å²) in [5, 5.41) is 13.7. The molecule has 1 unspecified atom stereocenters. The summed E-state index contributed by atoms with van der Waals surface area (Å²) < 4.78 is 5.15. The van der Waals surface area contributed by atoms with Crippen LogP contribution in [0.5, 0.6) is 0 Å². The maximum absolute atomic E-state index is 11.7. The quantitative estimate of drug-likeness (QED) is 0.641. The van der Waals surface area contributed by atoms with Crippen LogP contribution < -0.4 is 11.1 Å². The van der Waals surface area contributed by atoms with Gasteiger partial charge in [-0.2, -0.15) is 0 Å². The molecule has 122 valence electrons. The van der Waals surface area contributed by atoms with Gasteiger partial charge in [0.1, 0.15) is 5.60 Å². The largest absolute Gasteiger partial charge is 0.444 e. The third-order valence-corrected chi connectivity index (χ3v) is 3.00. The third-order valence-electron chi connectivity index (χ3n) is 3.00. The lowest BCUT2D eigenvalue weighted by atomic mass is 9.95. The summed E-state index contributed by atoms with van der Waals surface area (Å²) in [5.41, 5.74) is 6.55. The zero-order valence-corrected chi connectivity index (χ0v) is 13.4. The Balaban J connectivity index is 2.87. The number of benzene rings is 1. The van der Waals surface area contributed by atoms with Gasteiger partial charge in [-0.15, -0.1) is 0 Å². The average molecular weight is 309 g/mol. The molecular weight excluding hydrogens is 286 g/mol. The fourth-order valence-corrected chi connectivity index (χ4v) is 2.01. The molecule has 1 rings (SSSR count). The van der Waals surface area contributed by atoms with Crippen molar-refractivity contribution in [3.63, 3.8) is 0 Å². The lowest BCUT2D eigenvalue weighted by Crippen LogP contribution is -2.36. The van der Waals surface area contributed by atoms with Crippen molar-refractivity contribution in [2.75, 3.05) is 13.1 Å². The Labute approximate surface area is 130 Å². The number of amides is 1. The van der Waals surface area contributed by atoms with E-state index in [1.54, 1.807) is 32.9 Å². The van der Waals surface area contributed by atoms with Crippen molar-refractivity contribution in [2.45, 2.75) is 39.2 Å². The van der Waals surface area contributed by atoms with E-state index in [9.17, 15) is 14.9 Å². The van der Waals surface area contributed by atoms with Crippen molar-refractivity contribution in [1.29, 1.82) is 0 Å². The van der Waals surface area contributed by atoms with Gasteiger partial charge in [0.2, 0.25) is 0 Å². The number of ether oxygens (including phenoxy) is 1. The van der Waals surface area contributed by atoms with Crippen molar-refractivity contribution in [3.8, 4) is 0 Å². The summed E-state index contributed by atoms with van der Waals surface area (Å²) in [7, 11) is 0. The zero-order valence-electron chi connectivity index (χ0n) is 13.4. The number of nitrogens with zero attached hydrogens (tertiary/aromatic N) is 1. The first-order valence-electron chi connectivity index (χ1n) is 7.06. The number of nitrogens with two attached hydrogens (primary N) is 1. The average Bonchev–Trinajstić information content (AvgIpc) is 2.37. The number of hydrogen-bond acceptors (Lipinski definition) is 5. The van der Waals surface area contributed by atoms with E-state index in [1.165, 1.54) is 6.07 Å². The summed E-state index contributed by atoms with van der Waals surface area (Å²) in [5.74, 6) is -0.354. The van der Waals surface area contributed by atoms with Crippen LogP contribution in [0.4, 0.5) is 10.5 Å². The van der Waals surface area contributed by atoms with Crippen molar-refractivity contribution in [3.05, 3.63) is 39.4 Å². The van der Waals surface area contributed by atoms with Crippen molar-refractivity contribution in [1.82, 2.24) is 5.32 Å². The van der Waals surface area contributed by atoms with Gasteiger partial charge in [-0.05, 0) is 33.8 Å². The third kappa shape index (κ3) is 5.33. The van der Waals surface area contributed by atoms with Gasteiger partial charge in [0.25, 0.3) is 5.69 Å². The summed E-state index contributed by atoms with van der Waals surface area (Å²) in [6.07, 6.45) is -0.568. The van der Waals surface area contributed by atoms with Gasteiger partial charge in [0.15, 0.2) is 0 Å². The molecule has 1 atom stereocenters. The highest BCUT2D eigenvalue weighted by Crippen LogP contribution is 2.27. The van der Waals surface area contributed by atoms with Gasteiger partial charge < -0.3 is 15.8 Å². The molecule has 1 aromatic carbocycles. The van der Waals surface area contributed by atoms with Crippen molar-refractivity contribution >= 4 is 11.8 Å². The molecule has 0 aromatic heterocycles. The molecule has 0 aliphatic rings. The molecule has 1 aromatic rings. The van der Waals surface area contributed by atoms with E-state index in [2.05, 4.69) is 5.32 Å². The second-order valence-electron chi connectivity index (χ2n) is 6.13. The van der Waals surface area contributed by atoms with E-state index in [4.69, 9.17) is 10.5 Å². The lowest BCUT2D eigenvalue weighted by molar-refractivity contribution is -0.385.